The van der Waals surface area contributed by atoms with Gasteiger partial charge in [-0.05, 0) is 24.5 Å². The van der Waals surface area contributed by atoms with Gasteiger partial charge < -0.3 is 0 Å². The molecule has 0 aliphatic heterocycles. The van der Waals surface area contributed by atoms with E-state index in [1.54, 1.807) is 0 Å². The van der Waals surface area contributed by atoms with E-state index in [1.807, 2.05) is 6.07 Å². The summed E-state index contributed by atoms with van der Waals surface area (Å²) in [6, 6.07) is 8.60. The lowest BCUT2D eigenvalue weighted by Crippen LogP contribution is -2.26. The number of hydrogen-bond acceptors (Lipinski definition) is 2. The summed E-state index contributed by atoms with van der Waals surface area (Å²) in [4.78, 5) is 0. The molecular weight excluding hydrogens is 148 g/mol. The highest BCUT2D eigenvalue weighted by molar-refractivity contribution is 5.29. The van der Waals surface area contributed by atoms with E-state index >= 15 is 0 Å². The van der Waals surface area contributed by atoms with Gasteiger partial charge in [0.1, 0.15) is 0 Å². The zero-order chi connectivity index (χ0) is 8.97. The van der Waals surface area contributed by atoms with Gasteiger partial charge in [0, 0.05) is 6.04 Å². The number of aryl methyl sites for hydroxylation is 1. The van der Waals surface area contributed by atoms with Crippen molar-refractivity contribution in [2.24, 2.45) is 5.84 Å². The predicted molar refractivity (Wildman–Crippen MR) is 51.6 cm³/mol. The fourth-order valence-electron chi connectivity index (χ4n) is 1.37. The van der Waals surface area contributed by atoms with Crippen molar-refractivity contribution in [1.82, 2.24) is 5.43 Å². The number of hydrazine groups is 1. The van der Waals surface area contributed by atoms with E-state index in [0.717, 1.165) is 6.42 Å². The van der Waals surface area contributed by atoms with E-state index in [1.165, 1.54) is 11.1 Å². The summed E-state index contributed by atoms with van der Waals surface area (Å²) in [5.41, 5.74) is 5.41. The molecule has 0 spiro atoms. The summed E-state index contributed by atoms with van der Waals surface area (Å²) in [6.45, 7) is 4.22. The van der Waals surface area contributed by atoms with Gasteiger partial charge in [-0.2, -0.15) is 0 Å². The Kier molecular flexibility index (Phi) is 3.26. The molecule has 0 saturated carbocycles. The average molecular weight is 164 g/mol. The van der Waals surface area contributed by atoms with Gasteiger partial charge in [-0.1, -0.05) is 31.2 Å². The van der Waals surface area contributed by atoms with E-state index in [9.17, 15) is 0 Å². The first-order valence-corrected chi connectivity index (χ1v) is 4.33. The van der Waals surface area contributed by atoms with Gasteiger partial charge in [0.25, 0.3) is 0 Å². The number of benzene rings is 1. The van der Waals surface area contributed by atoms with Crippen LogP contribution in [-0.4, -0.2) is 0 Å². The van der Waals surface area contributed by atoms with Crippen LogP contribution < -0.4 is 11.3 Å². The first-order chi connectivity index (χ1) is 5.79. The third-order valence-corrected chi connectivity index (χ3v) is 2.15. The molecule has 0 bridgehead atoms. The maximum absolute atomic E-state index is 5.38. The molecule has 2 heteroatoms. The molecule has 1 rings (SSSR count). The van der Waals surface area contributed by atoms with Crippen LogP contribution in [0.25, 0.3) is 0 Å². The molecule has 0 amide bonds. The zero-order valence-electron chi connectivity index (χ0n) is 7.67. The van der Waals surface area contributed by atoms with E-state index in [2.05, 4.69) is 37.5 Å². The van der Waals surface area contributed by atoms with Crippen molar-refractivity contribution in [3.8, 4) is 0 Å². The zero-order valence-corrected chi connectivity index (χ0v) is 7.67. The largest absolute Gasteiger partial charge is 0.271 e. The highest BCUT2D eigenvalue weighted by Gasteiger charge is 2.05. The molecule has 0 saturated heterocycles. The first-order valence-electron chi connectivity index (χ1n) is 4.33. The monoisotopic (exact) mass is 164 g/mol. The molecule has 1 aromatic carbocycles. The van der Waals surface area contributed by atoms with Crippen LogP contribution >= 0.6 is 0 Å². The Morgan fingerprint density at radius 1 is 1.42 bits per heavy atom. The van der Waals surface area contributed by atoms with Crippen LogP contribution in [0.3, 0.4) is 0 Å². The predicted octanol–water partition coefficient (Wildman–Crippen LogP) is 1.77. The Hall–Kier alpha value is -0.860. The van der Waals surface area contributed by atoms with Crippen molar-refractivity contribution in [1.29, 1.82) is 0 Å². The molecule has 1 aromatic rings. The lowest BCUT2D eigenvalue weighted by Gasteiger charge is -2.13. The number of rotatable bonds is 3. The Balaban J connectivity index is 2.96. The third-order valence-electron chi connectivity index (χ3n) is 2.15. The van der Waals surface area contributed by atoms with Gasteiger partial charge in [-0.25, -0.2) is 0 Å². The summed E-state index contributed by atoms with van der Waals surface area (Å²) in [5, 5.41) is 0. The molecule has 1 unspecified atom stereocenters. The molecule has 0 aromatic heterocycles. The minimum Gasteiger partial charge on any atom is -0.271 e. The standard InChI is InChI=1S/C10H16N2/c1-3-9-6-4-5-7-10(9)8(2)12-11/h4-8,12H,3,11H2,1-2H3. The Morgan fingerprint density at radius 2 is 2.08 bits per heavy atom. The van der Waals surface area contributed by atoms with E-state index < -0.39 is 0 Å². The molecule has 2 nitrogen and oxygen atoms in total. The maximum atomic E-state index is 5.38. The van der Waals surface area contributed by atoms with Crippen molar-refractivity contribution in [3.63, 3.8) is 0 Å². The molecule has 3 N–H and O–H groups in total. The summed E-state index contributed by atoms with van der Waals surface area (Å²) in [6.07, 6.45) is 1.06. The maximum Gasteiger partial charge on any atom is 0.0434 e. The normalized spacial score (nSPS) is 12.9. The quantitative estimate of drug-likeness (QED) is 0.528. The highest BCUT2D eigenvalue weighted by atomic mass is 15.2. The number of nitrogens with one attached hydrogen (secondary N) is 1. The minimum atomic E-state index is 0.237. The van der Waals surface area contributed by atoms with Crippen LogP contribution in [0.5, 0.6) is 0 Å². The van der Waals surface area contributed by atoms with Crippen LogP contribution in [0.2, 0.25) is 0 Å². The highest BCUT2D eigenvalue weighted by Crippen LogP contribution is 2.16. The smallest absolute Gasteiger partial charge is 0.0434 e. The van der Waals surface area contributed by atoms with Gasteiger partial charge >= 0.3 is 0 Å². The molecule has 0 aliphatic carbocycles. The van der Waals surface area contributed by atoms with Crippen LogP contribution in [0.4, 0.5) is 0 Å². The van der Waals surface area contributed by atoms with Gasteiger partial charge in [-0.3, -0.25) is 11.3 Å². The van der Waals surface area contributed by atoms with E-state index in [4.69, 9.17) is 5.84 Å². The Morgan fingerprint density at radius 3 is 2.67 bits per heavy atom. The fraction of sp³-hybridized carbons (Fsp3) is 0.400. The molecular formula is C10H16N2. The summed E-state index contributed by atoms with van der Waals surface area (Å²) in [5.74, 6) is 5.38. The van der Waals surface area contributed by atoms with Crippen LogP contribution in [-0.2, 0) is 6.42 Å². The average Bonchev–Trinajstić information content (AvgIpc) is 2.16. The van der Waals surface area contributed by atoms with Crippen molar-refractivity contribution in [2.75, 3.05) is 0 Å². The molecule has 0 radical (unpaired) electrons. The topological polar surface area (TPSA) is 38.0 Å². The van der Waals surface area contributed by atoms with Crippen LogP contribution in [0.15, 0.2) is 24.3 Å². The van der Waals surface area contributed by atoms with Gasteiger partial charge in [0.2, 0.25) is 0 Å². The Bertz CT molecular complexity index is 245. The lowest BCUT2D eigenvalue weighted by atomic mass is 10.0. The van der Waals surface area contributed by atoms with Gasteiger partial charge in [0.05, 0.1) is 0 Å². The Labute approximate surface area is 73.8 Å². The number of hydrogen-bond donors (Lipinski definition) is 2. The second-order valence-electron chi connectivity index (χ2n) is 2.94. The SMILES string of the molecule is CCc1ccccc1C(C)NN. The first kappa shape index (κ1) is 9.23. The second kappa shape index (κ2) is 4.24. The summed E-state index contributed by atoms with van der Waals surface area (Å²) in [7, 11) is 0. The molecule has 0 heterocycles. The molecule has 66 valence electrons. The minimum absolute atomic E-state index is 0.237. The molecule has 12 heavy (non-hydrogen) atoms. The third kappa shape index (κ3) is 1.84. The second-order valence-corrected chi connectivity index (χ2v) is 2.94. The molecule has 0 aliphatic rings. The molecule has 1 atom stereocenters. The van der Waals surface area contributed by atoms with E-state index in [-0.39, 0.29) is 6.04 Å². The van der Waals surface area contributed by atoms with E-state index in [0.29, 0.717) is 0 Å². The summed E-state index contributed by atoms with van der Waals surface area (Å²) >= 11 is 0. The van der Waals surface area contributed by atoms with Crippen LogP contribution in [0, 0.1) is 0 Å². The van der Waals surface area contributed by atoms with Crippen molar-refractivity contribution < 1.29 is 0 Å². The van der Waals surface area contributed by atoms with Crippen LogP contribution in [0.1, 0.15) is 31.0 Å². The van der Waals surface area contributed by atoms with Crippen molar-refractivity contribution >= 4 is 0 Å². The lowest BCUT2D eigenvalue weighted by molar-refractivity contribution is 0.597. The van der Waals surface area contributed by atoms with Crippen molar-refractivity contribution in [2.45, 2.75) is 26.3 Å². The molecule has 0 fully saturated rings. The number of nitrogens with two attached hydrogens (primary N) is 1. The summed E-state index contributed by atoms with van der Waals surface area (Å²) < 4.78 is 0. The van der Waals surface area contributed by atoms with Gasteiger partial charge in [0.15, 0.2) is 0 Å². The van der Waals surface area contributed by atoms with Gasteiger partial charge in [-0.15, -0.1) is 0 Å². The van der Waals surface area contributed by atoms with Crippen molar-refractivity contribution in [3.05, 3.63) is 35.4 Å². The fourth-order valence-corrected chi connectivity index (χ4v) is 1.37.